The van der Waals surface area contributed by atoms with Crippen LogP contribution < -0.4 is 10.1 Å². The van der Waals surface area contributed by atoms with Crippen LogP contribution >= 0.6 is 0 Å². The lowest BCUT2D eigenvalue weighted by atomic mass is 10.2. The van der Waals surface area contributed by atoms with E-state index in [0.717, 1.165) is 18.2 Å². The van der Waals surface area contributed by atoms with Gasteiger partial charge in [-0.05, 0) is 18.2 Å². The summed E-state index contributed by atoms with van der Waals surface area (Å²) in [6.07, 6.45) is 0. The van der Waals surface area contributed by atoms with Gasteiger partial charge in [0.2, 0.25) is 5.75 Å². The number of halogens is 1. The number of hydrogen-bond acceptors (Lipinski definition) is 5. The lowest BCUT2D eigenvalue weighted by Crippen LogP contribution is -2.31. The zero-order valence-corrected chi connectivity index (χ0v) is 11.7. The van der Waals surface area contributed by atoms with E-state index < -0.39 is 40.6 Å². The molecule has 0 aliphatic heterocycles. The van der Waals surface area contributed by atoms with E-state index in [9.17, 15) is 24.1 Å². The van der Waals surface area contributed by atoms with Crippen LogP contribution in [0, 0.1) is 15.9 Å². The van der Waals surface area contributed by atoms with Crippen molar-refractivity contribution in [2.45, 2.75) is 0 Å². The molecular weight excluding hydrogens is 307 g/mol. The number of carbonyl (C=O) groups excluding carboxylic acids is 2. The first-order chi connectivity index (χ1) is 11.0. The van der Waals surface area contributed by atoms with Gasteiger partial charge in [0.15, 0.2) is 0 Å². The van der Waals surface area contributed by atoms with E-state index in [2.05, 4.69) is 5.32 Å². The van der Waals surface area contributed by atoms with E-state index in [1.165, 1.54) is 0 Å². The van der Waals surface area contributed by atoms with Gasteiger partial charge in [-0.25, -0.2) is 9.18 Å². The first-order valence-electron chi connectivity index (χ1n) is 6.45. The summed E-state index contributed by atoms with van der Waals surface area (Å²) >= 11 is 0. The Bertz CT molecular complexity index is 749. The van der Waals surface area contributed by atoms with E-state index in [1.807, 2.05) is 0 Å². The van der Waals surface area contributed by atoms with Crippen LogP contribution in [0.5, 0.6) is 5.75 Å². The fourth-order valence-corrected chi connectivity index (χ4v) is 1.72. The van der Waals surface area contributed by atoms with Crippen molar-refractivity contribution in [2.24, 2.45) is 0 Å². The third-order valence-corrected chi connectivity index (χ3v) is 2.77. The lowest BCUT2D eigenvalue weighted by Gasteiger charge is -2.07. The number of nitrogens with one attached hydrogen (secondary N) is 1. The van der Waals surface area contributed by atoms with E-state index in [-0.39, 0.29) is 0 Å². The second kappa shape index (κ2) is 7.12. The van der Waals surface area contributed by atoms with E-state index >= 15 is 0 Å². The predicted molar refractivity (Wildman–Crippen MR) is 77.5 cm³/mol. The van der Waals surface area contributed by atoms with Gasteiger partial charge in [0.05, 0.1) is 4.92 Å². The number of esters is 1. The second-order valence-electron chi connectivity index (χ2n) is 4.39. The van der Waals surface area contributed by atoms with Gasteiger partial charge in [0.1, 0.15) is 12.4 Å². The van der Waals surface area contributed by atoms with Crippen LogP contribution in [0.2, 0.25) is 0 Å². The average molecular weight is 318 g/mol. The van der Waals surface area contributed by atoms with E-state index in [1.54, 1.807) is 30.3 Å². The summed E-state index contributed by atoms with van der Waals surface area (Å²) in [5.74, 6) is -2.76. The van der Waals surface area contributed by atoms with Crippen molar-refractivity contribution in [2.75, 3.05) is 6.54 Å². The number of benzene rings is 2. The highest BCUT2D eigenvalue weighted by Gasteiger charge is 2.19. The number of nitrogens with zero attached hydrogens (tertiary/aromatic N) is 1. The van der Waals surface area contributed by atoms with Crippen LogP contribution in [-0.2, 0) is 4.79 Å². The number of amides is 1. The first kappa shape index (κ1) is 16.1. The highest BCUT2D eigenvalue weighted by Crippen LogP contribution is 2.27. The van der Waals surface area contributed by atoms with Crippen LogP contribution in [0.1, 0.15) is 10.4 Å². The zero-order chi connectivity index (χ0) is 16.8. The Hall–Kier alpha value is -3.29. The minimum absolute atomic E-state index is 0.344. The Labute approximate surface area is 129 Å². The van der Waals surface area contributed by atoms with E-state index in [4.69, 9.17) is 4.74 Å². The van der Waals surface area contributed by atoms with Gasteiger partial charge in [-0.3, -0.25) is 14.9 Å². The summed E-state index contributed by atoms with van der Waals surface area (Å²) in [4.78, 5) is 33.4. The first-order valence-corrected chi connectivity index (χ1v) is 6.45. The van der Waals surface area contributed by atoms with E-state index in [0.29, 0.717) is 5.56 Å². The number of nitro groups is 1. The molecule has 1 amide bonds. The average Bonchev–Trinajstić information content (AvgIpc) is 2.53. The molecule has 2 aromatic rings. The van der Waals surface area contributed by atoms with Crippen LogP contribution in [0.4, 0.5) is 10.1 Å². The Morgan fingerprint density at radius 3 is 2.52 bits per heavy atom. The van der Waals surface area contributed by atoms with Crippen molar-refractivity contribution in [3.63, 3.8) is 0 Å². The third-order valence-electron chi connectivity index (χ3n) is 2.77. The monoisotopic (exact) mass is 318 g/mol. The smallest absolute Gasteiger partial charge is 0.331 e. The molecule has 0 aliphatic rings. The summed E-state index contributed by atoms with van der Waals surface area (Å²) in [5.41, 5.74) is -0.203. The Balaban J connectivity index is 1.99. The molecular formula is C15H11FN2O5. The van der Waals surface area contributed by atoms with Gasteiger partial charge in [-0.15, -0.1) is 0 Å². The van der Waals surface area contributed by atoms with Crippen molar-refractivity contribution in [1.29, 1.82) is 0 Å². The molecule has 0 aliphatic carbocycles. The molecule has 7 nitrogen and oxygen atoms in total. The maximum absolute atomic E-state index is 13.1. The Kier molecular flexibility index (Phi) is 4.98. The fourth-order valence-electron chi connectivity index (χ4n) is 1.72. The number of rotatable bonds is 5. The van der Waals surface area contributed by atoms with Gasteiger partial charge < -0.3 is 10.1 Å². The Morgan fingerprint density at radius 2 is 1.87 bits per heavy atom. The van der Waals surface area contributed by atoms with Crippen molar-refractivity contribution < 1.29 is 23.6 Å². The predicted octanol–water partition coefficient (Wildman–Crippen LogP) is 2.07. The van der Waals surface area contributed by atoms with Crippen LogP contribution in [0.3, 0.4) is 0 Å². The van der Waals surface area contributed by atoms with Crippen molar-refractivity contribution in [3.8, 4) is 5.75 Å². The minimum atomic E-state index is -0.956. The highest BCUT2D eigenvalue weighted by molar-refractivity contribution is 5.96. The number of nitro benzene ring substituents is 1. The van der Waals surface area contributed by atoms with Gasteiger partial charge in [-0.2, -0.15) is 0 Å². The molecule has 1 N–H and O–H groups in total. The van der Waals surface area contributed by atoms with Gasteiger partial charge in [0.25, 0.3) is 5.91 Å². The molecule has 2 rings (SSSR count). The highest BCUT2D eigenvalue weighted by atomic mass is 19.1. The van der Waals surface area contributed by atoms with Gasteiger partial charge in [0, 0.05) is 17.7 Å². The summed E-state index contributed by atoms with van der Waals surface area (Å²) in [7, 11) is 0. The molecule has 0 saturated carbocycles. The van der Waals surface area contributed by atoms with Gasteiger partial charge in [-0.1, -0.05) is 18.2 Å². The van der Waals surface area contributed by atoms with Crippen molar-refractivity contribution in [3.05, 3.63) is 70.0 Å². The third kappa shape index (κ3) is 4.34. The molecule has 23 heavy (non-hydrogen) atoms. The standard InChI is InChI=1S/C15H11FN2O5/c16-11-6-7-12(18(21)22)13(8-11)23-14(19)9-17-15(20)10-4-2-1-3-5-10/h1-8H,9H2,(H,17,20). The molecule has 0 aromatic heterocycles. The SMILES string of the molecule is O=C(CNC(=O)c1ccccc1)Oc1cc(F)ccc1[N+](=O)[O-]. The quantitative estimate of drug-likeness (QED) is 0.394. The molecule has 0 bridgehead atoms. The number of ether oxygens (including phenoxy) is 1. The van der Waals surface area contributed by atoms with Gasteiger partial charge >= 0.3 is 11.7 Å². The van der Waals surface area contributed by atoms with Crippen LogP contribution in [0.15, 0.2) is 48.5 Å². The molecule has 0 atom stereocenters. The number of hydrogen-bond donors (Lipinski definition) is 1. The summed E-state index contributed by atoms with van der Waals surface area (Å²) in [6.45, 7) is -0.513. The lowest BCUT2D eigenvalue weighted by molar-refractivity contribution is -0.385. The normalized spacial score (nSPS) is 9.96. The van der Waals surface area contributed by atoms with Crippen molar-refractivity contribution >= 4 is 17.6 Å². The van der Waals surface area contributed by atoms with Crippen molar-refractivity contribution in [1.82, 2.24) is 5.32 Å². The molecule has 0 radical (unpaired) electrons. The summed E-state index contributed by atoms with van der Waals surface area (Å²) in [5, 5.41) is 13.1. The maximum Gasteiger partial charge on any atom is 0.331 e. The topological polar surface area (TPSA) is 98.5 Å². The molecule has 0 spiro atoms. The molecule has 0 fully saturated rings. The maximum atomic E-state index is 13.1. The molecule has 0 saturated heterocycles. The molecule has 2 aromatic carbocycles. The molecule has 0 heterocycles. The zero-order valence-electron chi connectivity index (χ0n) is 11.7. The van der Waals surface area contributed by atoms with Crippen LogP contribution in [-0.4, -0.2) is 23.3 Å². The largest absolute Gasteiger partial charge is 0.418 e. The Morgan fingerprint density at radius 1 is 1.17 bits per heavy atom. The number of carbonyl (C=O) groups is 2. The molecule has 0 unspecified atom stereocenters. The molecule has 118 valence electrons. The minimum Gasteiger partial charge on any atom is -0.418 e. The fraction of sp³-hybridized carbons (Fsp3) is 0.0667. The second-order valence-corrected chi connectivity index (χ2v) is 4.39. The molecule has 8 heteroatoms. The summed E-state index contributed by atoms with van der Waals surface area (Å²) < 4.78 is 17.9. The summed E-state index contributed by atoms with van der Waals surface area (Å²) in [6, 6.07) is 10.7. The van der Waals surface area contributed by atoms with Crippen LogP contribution in [0.25, 0.3) is 0 Å².